The van der Waals surface area contributed by atoms with Gasteiger partial charge < -0.3 is 14.6 Å². The molecule has 3 nitrogen and oxygen atoms in total. The Morgan fingerprint density at radius 3 is 2.90 bits per heavy atom. The van der Waals surface area contributed by atoms with Gasteiger partial charge in [0, 0.05) is 12.5 Å². The number of hydrogen-bond acceptors (Lipinski definition) is 3. The summed E-state index contributed by atoms with van der Waals surface area (Å²) in [6.45, 7) is 0. The molecule has 1 aromatic rings. The third kappa shape index (κ3) is 1.85. The monoisotopic (exact) mass is 140 g/mol. The van der Waals surface area contributed by atoms with E-state index in [0.717, 1.165) is 0 Å². The Morgan fingerprint density at radius 1 is 1.60 bits per heavy atom. The van der Waals surface area contributed by atoms with Gasteiger partial charge in [0.05, 0.1) is 6.26 Å². The average Bonchev–Trinajstić information content (AvgIpc) is 2.34. The van der Waals surface area contributed by atoms with E-state index in [1.807, 2.05) is 0 Å². The molecule has 1 aromatic heterocycles. The molecule has 2 N–H and O–H groups in total. The van der Waals surface area contributed by atoms with Crippen molar-refractivity contribution in [2.24, 2.45) is 0 Å². The van der Waals surface area contributed by atoms with Gasteiger partial charge in [-0.1, -0.05) is 0 Å². The molecular weight excluding hydrogens is 132 g/mol. The largest absolute Gasteiger partial charge is 0.481 e. The second-order valence-corrected chi connectivity index (χ2v) is 1.85. The highest BCUT2D eigenvalue weighted by Crippen LogP contribution is 2.01. The van der Waals surface area contributed by atoms with Crippen molar-refractivity contribution in [1.29, 1.82) is 0 Å². The fraction of sp³-hybridized carbons (Fsp3) is 0.143. The smallest absolute Gasteiger partial charge is 0.270 e. The lowest BCUT2D eigenvalue weighted by molar-refractivity contribution is 0.189. The summed E-state index contributed by atoms with van der Waals surface area (Å²) in [5.41, 5.74) is 0. The molecule has 0 aliphatic carbocycles. The van der Waals surface area contributed by atoms with Crippen molar-refractivity contribution >= 4 is 0 Å². The summed E-state index contributed by atoms with van der Waals surface area (Å²) >= 11 is 0. The van der Waals surface area contributed by atoms with Gasteiger partial charge in [0.2, 0.25) is 0 Å². The lowest BCUT2D eigenvalue weighted by Crippen LogP contribution is -1.79. The van der Waals surface area contributed by atoms with Crippen LogP contribution in [0.4, 0.5) is 0 Å². The Kier molecular flexibility index (Phi) is 1.99. The zero-order valence-corrected chi connectivity index (χ0v) is 5.32. The van der Waals surface area contributed by atoms with Crippen LogP contribution in [0.5, 0.6) is 0 Å². The fourth-order valence-corrected chi connectivity index (χ4v) is 0.621. The highest BCUT2D eigenvalue weighted by molar-refractivity contribution is 5.03. The first kappa shape index (κ1) is 6.74. The Hall–Kier alpha value is -1.38. The van der Waals surface area contributed by atoms with Gasteiger partial charge in [-0.15, -0.1) is 0 Å². The van der Waals surface area contributed by atoms with E-state index in [2.05, 4.69) is 0 Å². The van der Waals surface area contributed by atoms with Gasteiger partial charge >= 0.3 is 0 Å². The molecule has 0 aliphatic rings. The van der Waals surface area contributed by atoms with Gasteiger partial charge in [0.1, 0.15) is 5.76 Å². The number of aliphatic hydroxyl groups is 2. The SMILES string of the molecule is OC(O)=CCc1ccco1. The summed E-state index contributed by atoms with van der Waals surface area (Å²) < 4.78 is 4.92. The average molecular weight is 140 g/mol. The second-order valence-electron chi connectivity index (χ2n) is 1.85. The Balaban J connectivity index is 2.49. The highest BCUT2D eigenvalue weighted by Gasteiger charge is 1.91. The predicted octanol–water partition coefficient (Wildman–Crippen LogP) is 1.78. The van der Waals surface area contributed by atoms with Gasteiger partial charge in [0.15, 0.2) is 0 Å². The van der Waals surface area contributed by atoms with E-state index in [-0.39, 0.29) is 0 Å². The lowest BCUT2D eigenvalue weighted by Gasteiger charge is -1.87. The molecule has 0 aliphatic heterocycles. The molecule has 3 heteroatoms. The normalized spacial score (nSPS) is 9.20. The zero-order valence-electron chi connectivity index (χ0n) is 5.32. The molecule has 0 atom stereocenters. The molecule has 0 radical (unpaired) electrons. The first-order valence-electron chi connectivity index (χ1n) is 2.89. The number of allylic oxidation sites excluding steroid dienone is 1. The lowest BCUT2D eigenvalue weighted by atomic mass is 10.3. The van der Waals surface area contributed by atoms with Crippen molar-refractivity contribution in [3.63, 3.8) is 0 Å². The first-order valence-corrected chi connectivity index (χ1v) is 2.89. The first-order chi connectivity index (χ1) is 4.79. The van der Waals surface area contributed by atoms with E-state index >= 15 is 0 Å². The van der Waals surface area contributed by atoms with Crippen molar-refractivity contribution in [3.05, 3.63) is 36.2 Å². The van der Waals surface area contributed by atoms with E-state index < -0.39 is 5.95 Å². The Morgan fingerprint density at radius 2 is 2.40 bits per heavy atom. The van der Waals surface area contributed by atoms with Crippen LogP contribution < -0.4 is 0 Å². The van der Waals surface area contributed by atoms with E-state index in [9.17, 15) is 0 Å². The van der Waals surface area contributed by atoms with Crippen LogP contribution in [0.25, 0.3) is 0 Å². The standard InChI is InChI=1S/C7H8O3/c8-7(9)4-3-6-2-1-5-10-6/h1-2,4-5,8-9H,3H2. The second kappa shape index (κ2) is 2.96. The van der Waals surface area contributed by atoms with Crippen molar-refractivity contribution < 1.29 is 14.6 Å². The number of hydrogen-bond donors (Lipinski definition) is 2. The predicted molar refractivity (Wildman–Crippen MR) is 35.8 cm³/mol. The third-order valence-electron chi connectivity index (χ3n) is 1.07. The number of furan rings is 1. The van der Waals surface area contributed by atoms with Crippen LogP contribution in [0.3, 0.4) is 0 Å². The van der Waals surface area contributed by atoms with E-state index in [1.165, 1.54) is 12.3 Å². The maximum atomic E-state index is 8.33. The molecule has 54 valence electrons. The summed E-state index contributed by atoms with van der Waals surface area (Å²) in [5.74, 6) is 0.0389. The molecule has 10 heavy (non-hydrogen) atoms. The van der Waals surface area contributed by atoms with Gasteiger partial charge in [-0.3, -0.25) is 0 Å². The minimum atomic E-state index is -0.670. The van der Waals surface area contributed by atoms with Gasteiger partial charge in [0.25, 0.3) is 5.95 Å². The summed E-state index contributed by atoms with van der Waals surface area (Å²) in [6.07, 6.45) is 3.21. The van der Waals surface area contributed by atoms with E-state index in [0.29, 0.717) is 12.2 Å². The van der Waals surface area contributed by atoms with Crippen molar-refractivity contribution in [2.75, 3.05) is 0 Å². The van der Waals surface area contributed by atoms with Crippen molar-refractivity contribution in [3.8, 4) is 0 Å². The number of rotatable bonds is 2. The van der Waals surface area contributed by atoms with Crippen LogP contribution in [-0.4, -0.2) is 10.2 Å². The van der Waals surface area contributed by atoms with Crippen LogP contribution in [0.15, 0.2) is 34.8 Å². The van der Waals surface area contributed by atoms with Gasteiger partial charge in [-0.2, -0.15) is 0 Å². The summed E-state index contributed by atoms with van der Waals surface area (Å²) in [5, 5.41) is 16.7. The molecule has 0 saturated heterocycles. The van der Waals surface area contributed by atoms with Crippen LogP contribution in [0, 0.1) is 0 Å². The van der Waals surface area contributed by atoms with Crippen molar-refractivity contribution in [2.45, 2.75) is 6.42 Å². The maximum Gasteiger partial charge on any atom is 0.270 e. The highest BCUT2D eigenvalue weighted by atomic mass is 16.5. The van der Waals surface area contributed by atoms with Crippen molar-refractivity contribution in [1.82, 2.24) is 0 Å². The third-order valence-corrected chi connectivity index (χ3v) is 1.07. The summed E-state index contributed by atoms with van der Waals surface area (Å²) in [4.78, 5) is 0. The fourth-order valence-electron chi connectivity index (χ4n) is 0.621. The minimum absolute atomic E-state index is 0.412. The molecule has 0 saturated carbocycles. The molecule has 1 rings (SSSR count). The summed E-state index contributed by atoms with van der Waals surface area (Å²) in [6, 6.07) is 3.51. The molecule has 0 amide bonds. The molecule has 0 aromatic carbocycles. The van der Waals surface area contributed by atoms with Crippen LogP contribution in [0.1, 0.15) is 5.76 Å². The topological polar surface area (TPSA) is 53.6 Å². The summed E-state index contributed by atoms with van der Waals surface area (Å²) in [7, 11) is 0. The Bertz CT molecular complexity index is 207. The molecule has 0 spiro atoms. The zero-order chi connectivity index (χ0) is 7.40. The molecular formula is C7H8O3. The van der Waals surface area contributed by atoms with Crippen LogP contribution in [0.2, 0.25) is 0 Å². The van der Waals surface area contributed by atoms with Gasteiger partial charge in [-0.05, 0) is 12.1 Å². The quantitative estimate of drug-likeness (QED) is 0.615. The van der Waals surface area contributed by atoms with Crippen LogP contribution in [-0.2, 0) is 6.42 Å². The Labute approximate surface area is 58.2 Å². The van der Waals surface area contributed by atoms with Gasteiger partial charge in [-0.25, -0.2) is 0 Å². The molecule has 0 fully saturated rings. The van der Waals surface area contributed by atoms with Crippen LogP contribution >= 0.6 is 0 Å². The van der Waals surface area contributed by atoms with E-state index in [4.69, 9.17) is 14.6 Å². The number of aliphatic hydroxyl groups excluding tert-OH is 1. The molecule has 1 heterocycles. The minimum Gasteiger partial charge on any atom is -0.481 e. The molecule has 0 unspecified atom stereocenters. The maximum absolute atomic E-state index is 8.33. The van der Waals surface area contributed by atoms with E-state index in [1.54, 1.807) is 12.1 Å². The molecule has 0 bridgehead atoms.